The van der Waals surface area contributed by atoms with Crippen LogP contribution in [0.2, 0.25) is 0 Å². The lowest BCUT2D eigenvalue weighted by molar-refractivity contribution is -0.119. The van der Waals surface area contributed by atoms with Crippen LogP contribution < -0.4 is 10.0 Å². The summed E-state index contributed by atoms with van der Waals surface area (Å²) >= 11 is 0. The van der Waals surface area contributed by atoms with Gasteiger partial charge in [-0.2, -0.15) is 4.72 Å². The molecule has 0 aliphatic heterocycles. The van der Waals surface area contributed by atoms with Crippen LogP contribution >= 0.6 is 0 Å². The topological polar surface area (TPSA) is 102 Å². The summed E-state index contributed by atoms with van der Waals surface area (Å²) in [6.45, 7) is -0.626. The van der Waals surface area contributed by atoms with Crippen molar-refractivity contribution in [3.63, 3.8) is 0 Å². The third-order valence-electron chi connectivity index (χ3n) is 4.37. The number of amides is 1. The van der Waals surface area contributed by atoms with Crippen molar-refractivity contribution in [3.05, 3.63) is 84.4 Å². The zero-order valence-corrected chi connectivity index (χ0v) is 17.8. The number of nitrogens with one attached hydrogen (secondary N) is 2. The largest absolute Gasteiger partial charge is 0.452 e. The van der Waals surface area contributed by atoms with E-state index in [0.717, 1.165) is 11.1 Å². The smallest absolute Gasteiger partial charge is 0.338 e. The van der Waals surface area contributed by atoms with Crippen molar-refractivity contribution in [1.82, 2.24) is 4.72 Å². The highest BCUT2D eigenvalue weighted by atomic mass is 32.2. The Bertz CT molecular complexity index is 1230. The highest BCUT2D eigenvalue weighted by Gasteiger charge is 2.15. The third-order valence-corrected chi connectivity index (χ3v) is 5.79. The molecule has 3 aromatic carbocycles. The molecule has 0 saturated carbocycles. The molecule has 0 unspecified atom stereocenters. The molecule has 0 aromatic heterocycles. The number of ether oxygens (including phenoxy) is 1. The number of terminal acetylenes is 1. The lowest BCUT2D eigenvalue weighted by atomic mass is 10.1. The van der Waals surface area contributed by atoms with E-state index in [9.17, 15) is 18.0 Å². The maximum Gasteiger partial charge on any atom is 0.338 e. The van der Waals surface area contributed by atoms with E-state index in [2.05, 4.69) is 16.0 Å². The Morgan fingerprint density at radius 2 is 1.50 bits per heavy atom. The van der Waals surface area contributed by atoms with Gasteiger partial charge in [0.2, 0.25) is 10.0 Å². The fourth-order valence-corrected chi connectivity index (χ4v) is 3.71. The van der Waals surface area contributed by atoms with Crippen LogP contribution in [-0.4, -0.2) is 33.4 Å². The molecule has 0 bridgehead atoms. The average molecular weight is 449 g/mol. The third kappa shape index (κ3) is 6.04. The first kappa shape index (κ1) is 22.7. The molecule has 0 spiro atoms. The van der Waals surface area contributed by atoms with Gasteiger partial charge in [0, 0.05) is 5.69 Å². The molecule has 0 heterocycles. The van der Waals surface area contributed by atoms with Crippen LogP contribution in [0.3, 0.4) is 0 Å². The second kappa shape index (κ2) is 10.4. The molecule has 0 aliphatic carbocycles. The van der Waals surface area contributed by atoms with Crippen molar-refractivity contribution in [2.45, 2.75) is 4.90 Å². The van der Waals surface area contributed by atoms with E-state index in [1.807, 2.05) is 42.5 Å². The molecule has 1 amide bonds. The Morgan fingerprint density at radius 3 is 2.12 bits per heavy atom. The predicted octanol–water partition coefficient (Wildman–Crippen LogP) is 3.06. The fraction of sp³-hybridized carbons (Fsp3) is 0.0833. The highest BCUT2D eigenvalue weighted by Crippen LogP contribution is 2.21. The van der Waals surface area contributed by atoms with Crippen molar-refractivity contribution in [3.8, 4) is 23.5 Å². The molecule has 32 heavy (non-hydrogen) atoms. The van der Waals surface area contributed by atoms with Crippen molar-refractivity contribution >= 4 is 27.6 Å². The number of sulfonamides is 1. The van der Waals surface area contributed by atoms with E-state index in [4.69, 9.17) is 11.2 Å². The van der Waals surface area contributed by atoms with E-state index >= 15 is 0 Å². The summed E-state index contributed by atoms with van der Waals surface area (Å²) in [7, 11) is -3.75. The molecule has 0 saturated heterocycles. The van der Waals surface area contributed by atoms with Crippen LogP contribution in [0.4, 0.5) is 5.69 Å². The summed E-state index contributed by atoms with van der Waals surface area (Å²) < 4.78 is 31.2. The summed E-state index contributed by atoms with van der Waals surface area (Å²) in [5, 5.41) is 2.66. The van der Waals surface area contributed by atoms with Gasteiger partial charge in [-0.05, 0) is 47.5 Å². The number of carbonyl (C=O) groups is 2. The van der Waals surface area contributed by atoms with Gasteiger partial charge in [0.05, 0.1) is 17.0 Å². The van der Waals surface area contributed by atoms with Gasteiger partial charge in [-0.1, -0.05) is 48.4 Å². The fourth-order valence-electron chi connectivity index (χ4n) is 2.78. The number of carbonyl (C=O) groups excluding carboxylic acids is 2. The molecule has 0 radical (unpaired) electrons. The Labute approximate surface area is 186 Å². The monoisotopic (exact) mass is 448 g/mol. The van der Waals surface area contributed by atoms with Gasteiger partial charge in [-0.3, -0.25) is 4.79 Å². The molecule has 8 heteroatoms. The van der Waals surface area contributed by atoms with Crippen LogP contribution in [-0.2, 0) is 19.6 Å². The van der Waals surface area contributed by atoms with Gasteiger partial charge in [0.15, 0.2) is 6.61 Å². The van der Waals surface area contributed by atoms with Crippen molar-refractivity contribution in [2.75, 3.05) is 18.5 Å². The number of rotatable bonds is 8. The molecule has 0 atom stereocenters. The molecule has 7 nitrogen and oxygen atoms in total. The molecule has 3 aromatic rings. The molecular formula is C24H20N2O5S. The number of hydrogen-bond donors (Lipinski definition) is 2. The first-order chi connectivity index (χ1) is 15.4. The first-order valence-electron chi connectivity index (χ1n) is 9.55. The minimum atomic E-state index is -3.75. The predicted molar refractivity (Wildman–Crippen MR) is 121 cm³/mol. The zero-order valence-electron chi connectivity index (χ0n) is 16.9. The van der Waals surface area contributed by atoms with Crippen LogP contribution in [0, 0.1) is 12.3 Å². The first-order valence-corrected chi connectivity index (χ1v) is 11.0. The molecule has 2 N–H and O–H groups in total. The zero-order chi connectivity index (χ0) is 23.0. The van der Waals surface area contributed by atoms with E-state index in [-0.39, 0.29) is 17.0 Å². The Kier molecular flexibility index (Phi) is 7.39. The van der Waals surface area contributed by atoms with Crippen LogP contribution in [0.25, 0.3) is 11.1 Å². The maximum atomic E-state index is 12.1. The van der Waals surface area contributed by atoms with Crippen molar-refractivity contribution < 1.29 is 22.7 Å². The average Bonchev–Trinajstić information content (AvgIpc) is 2.82. The summed E-state index contributed by atoms with van der Waals surface area (Å²) in [5.74, 6) is 0.929. The Morgan fingerprint density at radius 1 is 0.875 bits per heavy atom. The van der Waals surface area contributed by atoms with Crippen LogP contribution in [0.15, 0.2) is 83.8 Å². The van der Waals surface area contributed by atoms with Crippen LogP contribution in [0.5, 0.6) is 0 Å². The van der Waals surface area contributed by atoms with Gasteiger partial charge in [0.1, 0.15) is 0 Å². The van der Waals surface area contributed by atoms with Gasteiger partial charge < -0.3 is 10.1 Å². The summed E-state index contributed by atoms with van der Waals surface area (Å²) in [6, 6.07) is 22.2. The molecule has 162 valence electrons. The number of hydrogen-bond acceptors (Lipinski definition) is 5. The van der Waals surface area contributed by atoms with Gasteiger partial charge in [0.25, 0.3) is 5.91 Å². The normalized spacial score (nSPS) is 10.7. The molecular weight excluding hydrogens is 428 g/mol. The minimum absolute atomic E-state index is 0.0407. The second-order valence-corrected chi connectivity index (χ2v) is 8.39. The summed E-state index contributed by atoms with van der Waals surface area (Å²) in [4.78, 5) is 24.2. The Hall–Kier alpha value is -3.93. The number of anilines is 1. The molecule has 3 rings (SSSR count). The van der Waals surface area contributed by atoms with E-state index in [1.165, 1.54) is 24.3 Å². The number of esters is 1. The standard InChI is InChI=1S/C24H20N2O5S/c1-2-16-25-32(29,30)22-14-10-20(11-15-22)24(28)31-17-23(27)26-21-12-8-19(9-13-21)18-6-4-3-5-7-18/h1,3-15,25H,16-17H2,(H,26,27). The van der Waals surface area contributed by atoms with Crippen molar-refractivity contribution in [1.29, 1.82) is 0 Å². The van der Waals surface area contributed by atoms with Gasteiger partial charge in [-0.15, -0.1) is 6.42 Å². The summed E-state index contributed by atoms with van der Waals surface area (Å²) in [5.41, 5.74) is 2.75. The van der Waals surface area contributed by atoms with Gasteiger partial charge in [-0.25, -0.2) is 13.2 Å². The second-order valence-electron chi connectivity index (χ2n) is 6.62. The number of benzene rings is 3. The van der Waals surface area contributed by atoms with Gasteiger partial charge >= 0.3 is 5.97 Å². The van der Waals surface area contributed by atoms with E-state index in [0.29, 0.717) is 5.69 Å². The minimum Gasteiger partial charge on any atom is -0.452 e. The van der Waals surface area contributed by atoms with Crippen molar-refractivity contribution in [2.24, 2.45) is 0 Å². The lowest BCUT2D eigenvalue weighted by Gasteiger charge is -2.08. The highest BCUT2D eigenvalue weighted by molar-refractivity contribution is 7.89. The maximum absolute atomic E-state index is 12.1. The lowest BCUT2D eigenvalue weighted by Crippen LogP contribution is -2.24. The van der Waals surface area contributed by atoms with E-state index in [1.54, 1.807) is 12.1 Å². The SMILES string of the molecule is C#CCNS(=O)(=O)c1ccc(C(=O)OCC(=O)Nc2ccc(-c3ccccc3)cc2)cc1. The summed E-state index contributed by atoms with van der Waals surface area (Å²) in [6.07, 6.45) is 5.04. The van der Waals surface area contributed by atoms with Crippen LogP contribution in [0.1, 0.15) is 10.4 Å². The van der Waals surface area contributed by atoms with E-state index < -0.39 is 28.5 Å². The molecule has 0 fully saturated rings. The molecule has 0 aliphatic rings. The quantitative estimate of drug-likeness (QED) is 0.407. The Balaban J connectivity index is 1.52.